The summed E-state index contributed by atoms with van der Waals surface area (Å²) in [6.45, 7) is 1.30. The molecular formula is C11H17N3O3. The van der Waals surface area contributed by atoms with E-state index in [1.54, 1.807) is 11.7 Å². The van der Waals surface area contributed by atoms with E-state index >= 15 is 0 Å². The average molecular weight is 239 g/mol. The Balaban J connectivity index is 1.85. The molecule has 0 radical (unpaired) electrons. The van der Waals surface area contributed by atoms with Crippen LogP contribution in [0.15, 0.2) is 6.20 Å². The highest BCUT2D eigenvalue weighted by Gasteiger charge is 2.26. The van der Waals surface area contributed by atoms with Gasteiger partial charge in [0.05, 0.1) is 18.0 Å². The topological polar surface area (TPSA) is 87.4 Å². The first-order chi connectivity index (χ1) is 8.08. The number of aromatic carboxylic acids is 1. The van der Waals surface area contributed by atoms with Crippen molar-refractivity contribution < 1.29 is 15.0 Å². The molecule has 0 atom stereocenters. The summed E-state index contributed by atoms with van der Waals surface area (Å²) in [5.74, 6) is -0.444. The highest BCUT2D eigenvalue weighted by molar-refractivity contribution is 5.88. The van der Waals surface area contributed by atoms with Crippen molar-refractivity contribution in [2.75, 3.05) is 6.54 Å². The minimum atomic E-state index is -0.950. The molecule has 0 amide bonds. The van der Waals surface area contributed by atoms with Gasteiger partial charge in [-0.2, -0.15) is 5.10 Å². The molecule has 0 aromatic carbocycles. The lowest BCUT2D eigenvalue weighted by Gasteiger charge is -2.31. The molecule has 1 heterocycles. The van der Waals surface area contributed by atoms with Crippen LogP contribution in [0.5, 0.6) is 0 Å². The lowest BCUT2D eigenvalue weighted by molar-refractivity contribution is 0.0429. The third kappa shape index (κ3) is 2.65. The first kappa shape index (κ1) is 12.1. The minimum absolute atomic E-state index is 0.145. The average Bonchev–Trinajstić information content (AvgIpc) is 2.58. The van der Waals surface area contributed by atoms with Gasteiger partial charge in [-0.15, -0.1) is 0 Å². The SMILES string of the molecule is Cn1ncc(C(=O)O)c1CNCC1CC(O)C1. The van der Waals surface area contributed by atoms with Crippen LogP contribution in [0.4, 0.5) is 0 Å². The van der Waals surface area contributed by atoms with Gasteiger partial charge in [-0.3, -0.25) is 4.68 Å². The van der Waals surface area contributed by atoms with E-state index in [0.717, 1.165) is 19.4 Å². The monoisotopic (exact) mass is 239 g/mol. The highest BCUT2D eigenvalue weighted by atomic mass is 16.4. The molecular weight excluding hydrogens is 222 g/mol. The van der Waals surface area contributed by atoms with E-state index in [0.29, 0.717) is 18.2 Å². The Morgan fingerprint density at radius 2 is 2.35 bits per heavy atom. The molecule has 1 fully saturated rings. The van der Waals surface area contributed by atoms with E-state index in [2.05, 4.69) is 10.4 Å². The number of nitrogens with zero attached hydrogens (tertiary/aromatic N) is 2. The summed E-state index contributed by atoms with van der Waals surface area (Å²) in [5, 5.41) is 25.3. The van der Waals surface area contributed by atoms with Crippen molar-refractivity contribution in [3.05, 3.63) is 17.5 Å². The van der Waals surface area contributed by atoms with Crippen LogP contribution in [-0.2, 0) is 13.6 Å². The zero-order valence-electron chi connectivity index (χ0n) is 9.76. The largest absolute Gasteiger partial charge is 0.478 e. The molecule has 0 spiro atoms. The second-order valence-electron chi connectivity index (χ2n) is 4.56. The molecule has 0 unspecified atom stereocenters. The van der Waals surface area contributed by atoms with Crippen LogP contribution >= 0.6 is 0 Å². The van der Waals surface area contributed by atoms with Crippen LogP contribution < -0.4 is 5.32 Å². The number of hydrogen-bond donors (Lipinski definition) is 3. The van der Waals surface area contributed by atoms with Crippen molar-refractivity contribution in [1.29, 1.82) is 0 Å². The summed E-state index contributed by atoms with van der Waals surface area (Å²) >= 11 is 0. The van der Waals surface area contributed by atoms with Crippen LogP contribution in [0.2, 0.25) is 0 Å². The number of carboxylic acids is 1. The second kappa shape index (κ2) is 4.85. The van der Waals surface area contributed by atoms with Crippen molar-refractivity contribution >= 4 is 5.97 Å². The van der Waals surface area contributed by atoms with Crippen molar-refractivity contribution in [2.24, 2.45) is 13.0 Å². The number of nitrogens with one attached hydrogen (secondary N) is 1. The molecule has 1 aliphatic rings. The third-order valence-corrected chi connectivity index (χ3v) is 3.23. The van der Waals surface area contributed by atoms with Crippen molar-refractivity contribution in [3.8, 4) is 0 Å². The number of aliphatic hydroxyl groups is 1. The number of hydrogen-bond acceptors (Lipinski definition) is 4. The van der Waals surface area contributed by atoms with Crippen molar-refractivity contribution in [1.82, 2.24) is 15.1 Å². The Morgan fingerprint density at radius 3 is 2.94 bits per heavy atom. The van der Waals surface area contributed by atoms with Gasteiger partial charge >= 0.3 is 5.97 Å². The summed E-state index contributed by atoms with van der Waals surface area (Å²) in [5.41, 5.74) is 0.922. The number of aryl methyl sites for hydroxylation is 1. The van der Waals surface area contributed by atoms with Gasteiger partial charge in [-0.25, -0.2) is 4.79 Å². The molecule has 0 aliphatic heterocycles. The molecule has 0 bridgehead atoms. The first-order valence-corrected chi connectivity index (χ1v) is 5.71. The summed E-state index contributed by atoms with van der Waals surface area (Å²) in [4.78, 5) is 10.9. The Morgan fingerprint density at radius 1 is 1.65 bits per heavy atom. The van der Waals surface area contributed by atoms with E-state index in [-0.39, 0.29) is 11.7 Å². The van der Waals surface area contributed by atoms with Gasteiger partial charge in [0.2, 0.25) is 0 Å². The molecule has 17 heavy (non-hydrogen) atoms. The normalized spacial score (nSPS) is 23.4. The van der Waals surface area contributed by atoms with E-state index in [1.807, 2.05) is 0 Å². The second-order valence-corrected chi connectivity index (χ2v) is 4.56. The smallest absolute Gasteiger partial charge is 0.339 e. The molecule has 3 N–H and O–H groups in total. The summed E-state index contributed by atoms with van der Waals surface area (Å²) in [6.07, 6.45) is 2.90. The van der Waals surface area contributed by atoms with Crippen molar-refractivity contribution in [2.45, 2.75) is 25.5 Å². The van der Waals surface area contributed by atoms with Crippen LogP contribution in [0.1, 0.15) is 28.9 Å². The maximum absolute atomic E-state index is 10.9. The minimum Gasteiger partial charge on any atom is -0.478 e. The van der Waals surface area contributed by atoms with Gasteiger partial charge in [0.15, 0.2) is 0 Å². The van der Waals surface area contributed by atoms with E-state index in [4.69, 9.17) is 10.2 Å². The lowest BCUT2D eigenvalue weighted by Crippen LogP contribution is -2.36. The molecule has 1 saturated carbocycles. The fraction of sp³-hybridized carbons (Fsp3) is 0.636. The van der Waals surface area contributed by atoms with E-state index in [9.17, 15) is 4.79 Å². The van der Waals surface area contributed by atoms with Gasteiger partial charge in [-0.05, 0) is 25.3 Å². The quantitative estimate of drug-likeness (QED) is 0.672. The molecule has 94 valence electrons. The fourth-order valence-electron chi connectivity index (χ4n) is 2.11. The summed E-state index contributed by atoms with van der Waals surface area (Å²) in [7, 11) is 1.73. The Bertz CT molecular complexity index is 410. The molecule has 1 aromatic rings. The zero-order valence-corrected chi connectivity index (χ0v) is 9.76. The third-order valence-electron chi connectivity index (χ3n) is 3.23. The number of aromatic nitrogens is 2. The zero-order chi connectivity index (χ0) is 12.4. The fourth-order valence-corrected chi connectivity index (χ4v) is 2.11. The highest BCUT2D eigenvalue weighted by Crippen LogP contribution is 2.26. The van der Waals surface area contributed by atoms with Crippen LogP contribution in [0, 0.1) is 5.92 Å². The first-order valence-electron chi connectivity index (χ1n) is 5.71. The van der Waals surface area contributed by atoms with Gasteiger partial charge in [0.1, 0.15) is 5.56 Å². The Kier molecular flexibility index (Phi) is 3.44. The van der Waals surface area contributed by atoms with E-state index in [1.165, 1.54) is 6.20 Å². The molecule has 0 saturated heterocycles. The van der Waals surface area contributed by atoms with Gasteiger partial charge in [-0.1, -0.05) is 0 Å². The standard InChI is InChI=1S/C11H17N3O3/c1-14-10(9(5-13-14)11(16)17)6-12-4-7-2-8(15)3-7/h5,7-8,12,15H,2-4,6H2,1H3,(H,16,17). The molecule has 1 aromatic heterocycles. The molecule has 2 rings (SSSR count). The van der Waals surface area contributed by atoms with Crippen molar-refractivity contribution in [3.63, 3.8) is 0 Å². The van der Waals surface area contributed by atoms with Gasteiger partial charge in [0.25, 0.3) is 0 Å². The van der Waals surface area contributed by atoms with Gasteiger partial charge < -0.3 is 15.5 Å². The number of rotatable bonds is 5. The number of aliphatic hydroxyl groups excluding tert-OH is 1. The van der Waals surface area contributed by atoms with E-state index < -0.39 is 5.97 Å². The Labute approximate surface area is 99.3 Å². The maximum Gasteiger partial charge on any atom is 0.339 e. The number of carboxylic acid groups (broad SMARTS) is 1. The molecule has 6 nitrogen and oxygen atoms in total. The van der Waals surface area contributed by atoms with Crippen LogP contribution in [-0.4, -0.2) is 38.6 Å². The predicted octanol–water partition coefficient (Wildman–Crippen LogP) is -0.0212. The predicted molar refractivity (Wildman–Crippen MR) is 60.6 cm³/mol. The lowest BCUT2D eigenvalue weighted by atomic mass is 9.82. The number of carbonyl (C=O) groups is 1. The summed E-state index contributed by atoms with van der Waals surface area (Å²) in [6, 6.07) is 0. The van der Waals surface area contributed by atoms with Crippen LogP contribution in [0.25, 0.3) is 0 Å². The summed E-state index contributed by atoms with van der Waals surface area (Å²) < 4.78 is 1.58. The molecule has 1 aliphatic carbocycles. The van der Waals surface area contributed by atoms with Gasteiger partial charge in [0, 0.05) is 13.6 Å². The Hall–Kier alpha value is -1.40. The maximum atomic E-state index is 10.9. The van der Waals surface area contributed by atoms with Crippen LogP contribution in [0.3, 0.4) is 0 Å². The molecule has 6 heteroatoms.